The van der Waals surface area contributed by atoms with Crippen molar-refractivity contribution in [3.05, 3.63) is 53.9 Å². The number of ether oxygens (including phenoxy) is 1. The Labute approximate surface area is 151 Å². The van der Waals surface area contributed by atoms with Crippen molar-refractivity contribution < 1.29 is 19.4 Å². The molecule has 0 saturated heterocycles. The number of carbonyl (C=O) groups excluding carboxylic acids is 2. The number of aliphatic hydroxyl groups excluding tert-OH is 1. The van der Waals surface area contributed by atoms with Gasteiger partial charge >= 0.3 is 5.97 Å². The molecule has 1 aromatic heterocycles. The standard InChI is InChI=1S/C21H21NO4/c1-26-20(25)17-18(23)16-12-15(14-8-4-2-5-9-14)13-22(16)21(19(17)24)10-6-3-7-11-21/h2,4-5,8-9,12-13,23H,3,6-7,10-11H2,1H3. The zero-order valence-corrected chi connectivity index (χ0v) is 14.7. The molecule has 1 N–H and O–H groups in total. The fourth-order valence-corrected chi connectivity index (χ4v) is 4.26. The molecule has 26 heavy (non-hydrogen) atoms. The molecule has 1 fully saturated rings. The first-order chi connectivity index (χ1) is 12.6. The molecule has 0 radical (unpaired) electrons. The molecule has 2 aliphatic rings. The molecule has 1 aliphatic heterocycles. The maximum Gasteiger partial charge on any atom is 0.345 e. The molecule has 0 unspecified atom stereocenters. The summed E-state index contributed by atoms with van der Waals surface area (Å²) in [5, 5.41) is 10.7. The lowest BCUT2D eigenvalue weighted by Crippen LogP contribution is -2.48. The van der Waals surface area contributed by atoms with Crippen molar-refractivity contribution >= 4 is 17.5 Å². The minimum Gasteiger partial charge on any atom is -0.505 e. The smallest absolute Gasteiger partial charge is 0.345 e. The van der Waals surface area contributed by atoms with E-state index in [0.717, 1.165) is 30.4 Å². The van der Waals surface area contributed by atoms with Crippen LogP contribution in [0.25, 0.3) is 16.9 Å². The van der Waals surface area contributed by atoms with Crippen molar-refractivity contribution in [2.45, 2.75) is 37.6 Å². The molecule has 134 valence electrons. The van der Waals surface area contributed by atoms with Gasteiger partial charge in [-0.3, -0.25) is 4.79 Å². The van der Waals surface area contributed by atoms with Gasteiger partial charge in [-0.15, -0.1) is 0 Å². The molecule has 1 saturated carbocycles. The lowest BCUT2D eigenvalue weighted by atomic mass is 9.74. The van der Waals surface area contributed by atoms with Crippen LogP contribution in [0, 0.1) is 0 Å². The van der Waals surface area contributed by atoms with Crippen molar-refractivity contribution in [1.82, 2.24) is 4.57 Å². The summed E-state index contributed by atoms with van der Waals surface area (Å²) in [4.78, 5) is 25.5. The van der Waals surface area contributed by atoms with Crippen LogP contribution in [-0.4, -0.2) is 28.5 Å². The summed E-state index contributed by atoms with van der Waals surface area (Å²) in [6.07, 6.45) is 6.15. The van der Waals surface area contributed by atoms with Crippen LogP contribution in [0.5, 0.6) is 0 Å². The Morgan fingerprint density at radius 2 is 1.81 bits per heavy atom. The molecule has 4 rings (SSSR count). The van der Waals surface area contributed by atoms with Crippen LogP contribution in [-0.2, 0) is 19.9 Å². The number of aliphatic hydroxyl groups is 1. The number of rotatable bonds is 2. The lowest BCUT2D eigenvalue weighted by molar-refractivity contribution is -0.140. The van der Waals surface area contributed by atoms with Gasteiger partial charge in [-0.1, -0.05) is 49.6 Å². The maximum absolute atomic E-state index is 13.3. The number of carbonyl (C=O) groups is 2. The third kappa shape index (κ3) is 2.30. The van der Waals surface area contributed by atoms with Crippen molar-refractivity contribution in [1.29, 1.82) is 0 Å². The Bertz CT molecular complexity index is 901. The predicted octanol–water partition coefficient (Wildman–Crippen LogP) is 3.84. The summed E-state index contributed by atoms with van der Waals surface area (Å²) in [6.45, 7) is 0. The number of hydrogen-bond acceptors (Lipinski definition) is 4. The van der Waals surface area contributed by atoms with Crippen molar-refractivity contribution in [2.24, 2.45) is 0 Å². The molecule has 2 aromatic rings. The number of esters is 1. The van der Waals surface area contributed by atoms with Crippen LogP contribution in [0.2, 0.25) is 0 Å². The minimum absolute atomic E-state index is 0.223. The van der Waals surface area contributed by atoms with Crippen LogP contribution in [0.1, 0.15) is 37.8 Å². The van der Waals surface area contributed by atoms with E-state index in [2.05, 4.69) is 0 Å². The van der Waals surface area contributed by atoms with Gasteiger partial charge in [0.1, 0.15) is 11.1 Å². The number of Topliss-reactive ketones (excluding diaryl/α,β-unsaturated/α-hetero) is 1. The number of nitrogens with zero attached hydrogens (tertiary/aromatic N) is 1. The third-order valence-electron chi connectivity index (χ3n) is 5.59. The molecule has 0 bridgehead atoms. The maximum atomic E-state index is 13.3. The highest BCUT2D eigenvalue weighted by Gasteiger charge is 2.50. The highest BCUT2D eigenvalue weighted by Crippen LogP contribution is 2.45. The van der Waals surface area contributed by atoms with E-state index in [1.807, 2.05) is 47.2 Å². The zero-order valence-electron chi connectivity index (χ0n) is 14.7. The van der Waals surface area contributed by atoms with E-state index in [0.29, 0.717) is 18.5 Å². The second-order valence-corrected chi connectivity index (χ2v) is 6.99. The van der Waals surface area contributed by atoms with Crippen LogP contribution in [0.4, 0.5) is 0 Å². The van der Waals surface area contributed by atoms with Crippen molar-refractivity contribution in [3.63, 3.8) is 0 Å². The molecule has 1 spiro atoms. The first-order valence-electron chi connectivity index (χ1n) is 8.93. The lowest BCUT2D eigenvalue weighted by Gasteiger charge is -2.41. The van der Waals surface area contributed by atoms with E-state index < -0.39 is 11.5 Å². The number of methoxy groups -OCH3 is 1. The molecule has 0 amide bonds. The van der Waals surface area contributed by atoms with Gasteiger partial charge in [-0.25, -0.2) is 4.79 Å². The van der Waals surface area contributed by atoms with Gasteiger partial charge in [0.25, 0.3) is 0 Å². The van der Waals surface area contributed by atoms with Gasteiger partial charge in [0.2, 0.25) is 0 Å². The Kier molecular flexibility index (Phi) is 3.94. The number of hydrogen-bond donors (Lipinski definition) is 1. The summed E-state index contributed by atoms with van der Waals surface area (Å²) < 4.78 is 6.67. The average Bonchev–Trinajstić information content (AvgIpc) is 3.14. The van der Waals surface area contributed by atoms with Crippen LogP contribution >= 0.6 is 0 Å². The predicted molar refractivity (Wildman–Crippen MR) is 97.5 cm³/mol. The van der Waals surface area contributed by atoms with Crippen molar-refractivity contribution in [2.75, 3.05) is 7.11 Å². The number of ketones is 1. The van der Waals surface area contributed by atoms with E-state index in [-0.39, 0.29) is 17.1 Å². The summed E-state index contributed by atoms with van der Waals surface area (Å²) >= 11 is 0. The monoisotopic (exact) mass is 351 g/mol. The molecule has 5 heteroatoms. The quantitative estimate of drug-likeness (QED) is 0.659. The van der Waals surface area contributed by atoms with Crippen molar-refractivity contribution in [3.8, 4) is 11.1 Å². The first-order valence-corrected chi connectivity index (χ1v) is 8.93. The summed E-state index contributed by atoms with van der Waals surface area (Å²) in [6, 6.07) is 11.7. The molecule has 0 atom stereocenters. The summed E-state index contributed by atoms with van der Waals surface area (Å²) in [5.41, 5.74) is 1.39. The molecule has 1 aromatic carbocycles. The van der Waals surface area contributed by atoms with E-state index in [1.54, 1.807) is 0 Å². The van der Waals surface area contributed by atoms with Crippen LogP contribution < -0.4 is 0 Å². The average molecular weight is 351 g/mol. The minimum atomic E-state index is -0.809. The molecule has 5 nitrogen and oxygen atoms in total. The molecular formula is C21H21NO4. The number of benzene rings is 1. The summed E-state index contributed by atoms with van der Waals surface area (Å²) in [7, 11) is 1.23. The van der Waals surface area contributed by atoms with Gasteiger partial charge in [0.15, 0.2) is 11.5 Å². The van der Waals surface area contributed by atoms with Gasteiger partial charge in [-0.2, -0.15) is 0 Å². The van der Waals surface area contributed by atoms with E-state index >= 15 is 0 Å². The zero-order chi connectivity index (χ0) is 18.3. The Balaban J connectivity index is 1.95. The van der Waals surface area contributed by atoms with Gasteiger partial charge in [0.05, 0.1) is 12.8 Å². The fourth-order valence-electron chi connectivity index (χ4n) is 4.26. The van der Waals surface area contributed by atoms with E-state index in [1.165, 1.54) is 7.11 Å². The normalized spacial score (nSPS) is 18.7. The van der Waals surface area contributed by atoms with E-state index in [4.69, 9.17) is 4.74 Å². The second-order valence-electron chi connectivity index (χ2n) is 6.99. The molecule has 1 aliphatic carbocycles. The number of fused-ring (bicyclic) bond motifs is 2. The Morgan fingerprint density at radius 1 is 1.12 bits per heavy atom. The van der Waals surface area contributed by atoms with E-state index in [9.17, 15) is 14.7 Å². The highest BCUT2D eigenvalue weighted by molar-refractivity contribution is 6.25. The van der Waals surface area contributed by atoms with Gasteiger partial charge in [-0.05, 0) is 24.5 Å². The highest BCUT2D eigenvalue weighted by atomic mass is 16.5. The van der Waals surface area contributed by atoms with Gasteiger partial charge < -0.3 is 14.4 Å². The Hall–Kier alpha value is -2.82. The van der Waals surface area contributed by atoms with Crippen LogP contribution in [0.3, 0.4) is 0 Å². The molecule has 2 heterocycles. The second kappa shape index (κ2) is 6.16. The van der Waals surface area contributed by atoms with Gasteiger partial charge in [0, 0.05) is 11.8 Å². The number of aromatic nitrogens is 1. The fraction of sp³-hybridized carbons (Fsp3) is 0.333. The summed E-state index contributed by atoms with van der Waals surface area (Å²) in [5.74, 6) is -1.39. The topological polar surface area (TPSA) is 68.5 Å². The van der Waals surface area contributed by atoms with Crippen LogP contribution in [0.15, 0.2) is 48.2 Å². The Morgan fingerprint density at radius 3 is 2.46 bits per heavy atom. The largest absolute Gasteiger partial charge is 0.505 e. The first kappa shape index (κ1) is 16.6. The third-order valence-corrected chi connectivity index (χ3v) is 5.59. The SMILES string of the molecule is COC(=O)C1=C(O)c2cc(-c3ccccc3)cn2C2(CCCCC2)C1=O. The molecular weight excluding hydrogens is 330 g/mol.